The summed E-state index contributed by atoms with van der Waals surface area (Å²) in [5.41, 5.74) is 5.29. The molecule has 3 aromatic rings. The highest BCUT2D eigenvalue weighted by Crippen LogP contribution is 2.27. The Kier molecular flexibility index (Phi) is 3.70. The highest BCUT2D eigenvalue weighted by molar-refractivity contribution is 5.78. The van der Waals surface area contributed by atoms with Crippen LogP contribution in [-0.2, 0) is 0 Å². The van der Waals surface area contributed by atoms with Gasteiger partial charge in [0.1, 0.15) is 5.65 Å². The summed E-state index contributed by atoms with van der Waals surface area (Å²) in [6.07, 6.45) is 8.10. The number of nitrogens with zero attached hydrogens (tertiary/aromatic N) is 2. The van der Waals surface area contributed by atoms with Crippen LogP contribution in [0.15, 0.2) is 72.7 Å². The maximum atomic E-state index is 10.2. The second-order valence-electron chi connectivity index (χ2n) is 6.81. The molecular weight excluding hydrogens is 310 g/mol. The SMILES string of the molecule is CC(C)(O)C1=CC(c2ccn3c(-c4ccccc4)cnc3c2)=CCN1. The molecule has 0 unspecified atom stereocenters. The average molecular weight is 331 g/mol. The zero-order valence-electron chi connectivity index (χ0n) is 14.4. The molecule has 0 spiro atoms. The molecule has 2 aromatic heterocycles. The van der Waals surface area contributed by atoms with Crippen LogP contribution in [0.4, 0.5) is 0 Å². The van der Waals surface area contributed by atoms with Gasteiger partial charge in [0.15, 0.2) is 0 Å². The summed E-state index contributed by atoms with van der Waals surface area (Å²) in [7, 11) is 0. The van der Waals surface area contributed by atoms with Gasteiger partial charge in [0.25, 0.3) is 0 Å². The number of fused-ring (bicyclic) bond motifs is 1. The number of hydrogen-bond acceptors (Lipinski definition) is 3. The van der Waals surface area contributed by atoms with Crippen molar-refractivity contribution in [3.05, 3.63) is 78.3 Å². The standard InChI is InChI=1S/C21H21N3O/c1-21(2,25)19-12-16(8-10-22-19)17-9-11-24-18(14-23-20(24)13-17)15-6-4-3-5-7-15/h3-9,11-14,22,25H,10H2,1-2H3. The smallest absolute Gasteiger partial charge is 0.137 e. The molecule has 25 heavy (non-hydrogen) atoms. The van der Waals surface area contributed by atoms with Crippen LogP contribution in [0.1, 0.15) is 19.4 Å². The van der Waals surface area contributed by atoms with Gasteiger partial charge in [0.2, 0.25) is 0 Å². The van der Waals surface area contributed by atoms with E-state index >= 15 is 0 Å². The molecule has 126 valence electrons. The Labute approximate surface area is 147 Å². The van der Waals surface area contributed by atoms with E-state index < -0.39 is 5.60 Å². The average Bonchev–Trinajstić information content (AvgIpc) is 3.05. The van der Waals surface area contributed by atoms with Crippen molar-refractivity contribution in [1.29, 1.82) is 0 Å². The van der Waals surface area contributed by atoms with Crippen molar-refractivity contribution in [2.24, 2.45) is 0 Å². The number of aromatic nitrogens is 2. The molecule has 1 aliphatic rings. The number of rotatable bonds is 3. The molecule has 4 nitrogen and oxygen atoms in total. The number of nitrogens with one attached hydrogen (secondary N) is 1. The molecule has 0 fully saturated rings. The molecule has 0 saturated carbocycles. The van der Waals surface area contributed by atoms with Gasteiger partial charge in [-0.2, -0.15) is 0 Å². The first-order chi connectivity index (χ1) is 12.0. The number of imidazole rings is 1. The topological polar surface area (TPSA) is 49.6 Å². The number of hydrogen-bond donors (Lipinski definition) is 2. The van der Waals surface area contributed by atoms with Gasteiger partial charge in [-0.25, -0.2) is 4.98 Å². The van der Waals surface area contributed by atoms with E-state index in [1.807, 2.05) is 30.5 Å². The van der Waals surface area contributed by atoms with E-state index in [0.717, 1.165) is 33.7 Å². The summed E-state index contributed by atoms with van der Waals surface area (Å²) in [5, 5.41) is 13.5. The van der Waals surface area contributed by atoms with Gasteiger partial charge < -0.3 is 10.4 Å². The zero-order valence-corrected chi connectivity index (χ0v) is 14.4. The van der Waals surface area contributed by atoms with Crippen molar-refractivity contribution in [2.45, 2.75) is 19.4 Å². The number of aliphatic hydroxyl groups is 1. The van der Waals surface area contributed by atoms with Crippen LogP contribution in [0.3, 0.4) is 0 Å². The lowest BCUT2D eigenvalue weighted by Crippen LogP contribution is -2.33. The van der Waals surface area contributed by atoms with E-state index in [2.05, 4.69) is 51.2 Å². The molecule has 1 aliphatic heterocycles. The van der Waals surface area contributed by atoms with Crippen molar-refractivity contribution in [1.82, 2.24) is 14.7 Å². The fourth-order valence-corrected chi connectivity index (χ4v) is 3.11. The summed E-state index contributed by atoms with van der Waals surface area (Å²) >= 11 is 0. The maximum absolute atomic E-state index is 10.2. The minimum absolute atomic E-state index is 0.708. The molecule has 0 radical (unpaired) electrons. The van der Waals surface area contributed by atoms with Gasteiger partial charge in [-0.15, -0.1) is 0 Å². The molecule has 2 N–H and O–H groups in total. The Hall–Kier alpha value is -2.85. The molecule has 4 heteroatoms. The van der Waals surface area contributed by atoms with Crippen LogP contribution < -0.4 is 5.32 Å². The largest absolute Gasteiger partial charge is 0.384 e. The third-order valence-corrected chi connectivity index (χ3v) is 4.49. The van der Waals surface area contributed by atoms with E-state index in [1.165, 1.54) is 0 Å². The number of pyridine rings is 1. The Morgan fingerprint density at radius 3 is 2.68 bits per heavy atom. The Bertz CT molecular complexity index is 975. The molecule has 0 atom stereocenters. The predicted molar refractivity (Wildman–Crippen MR) is 101 cm³/mol. The lowest BCUT2D eigenvalue weighted by atomic mass is 9.96. The Morgan fingerprint density at radius 1 is 1.12 bits per heavy atom. The molecule has 1 aromatic carbocycles. The minimum atomic E-state index is -0.878. The van der Waals surface area contributed by atoms with Crippen LogP contribution in [0.25, 0.3) is 22.5 Å². The second kappa shape index (κ2) is 5.90. The Morgan fingerprint density at radius 2 is 1.92 bits per heavy atom. The zero-order chi connectivity index (χ0) is 17.4. The van der Waals surface area contributed by atoms with Crippen molar-refractivity contribution in [2.75, 3.05) is 6.54 Å². The van der Waals surface area contributed by atoms with Gasteiger partial charge >= 0.3 is 0 Å². The van der Waals surface area contributed by atoms with Crippen LogP contribution in [0, 0.1) is 0 Å². The molecule has 0 bridgehead atoms. The van der Waals surface area contributed by atoms with E-state index in [4.69, 9.17) is 0 Å². The van der Waals surface area contributed by atoms with E-state index in [9.17, 15) is 5.11 Å². The molecule has 3 heterocycles. The first-order valence-corrected chi connectivity index (χ1v) is 8.44. The van der Waals surface area contributed by atoms with Gasteiger partial charge in [-0.3, -0.25) is 4.40 Å². The summed E-state index contributed by atoms with van der Waals surface area (Å²) in [6.45, 7) is 4.29. The molecule has 0 saturated heterocycles. The second-order valence-corrected chi connectivity index (χ2v) is 6.81. The summed E-state index contributed by atoms with van der Waals surface area (Å²) in [6, 6.07) is 14.4. The van der Waals surface area contributed by atoms with Crippen LogP contribution in [0.5, 0.6) is 0 Å². The number of allylic oxidation sites excluding steroid dienone is 2. The van der Waals surface area contributed by atoms with Crippen molar-refractivity contribution < 1.29 is 5.11 Å². The monoisotopic (exact) mass is 331 g/mol. The molecule has 0 aliphatic carbocycles. The first-order valence-electron chi connectivity index (χ1n) is 8.44. The highest BCUT2D eigenvalue weighted by Gasteiger charge is 2.21. The van der Waals surface area contributed by atoms with Crippen molar-refractivity contribution in [3.63, 3.8) is 0 Å². The van der Waals surface area contributed by atoms with E-state index in [0.29, 0.717) is 6.54 Å². The van der Waals surface area contributed by atoms with Crippen LogP contribution >= 0.6 is 0 Å². The highest BCUT2D eigenvalue weighted by atomic mass is 16.3. The fraction of sp³-hybridized carbons (Fsp3) is 0.190. The molecular formula is C21H21N3O. The first kappa shape index (κ1) is 15.7. The lowest BCUT2D eigenvalue weighted by molar-refractivity contribution is 0.112. The van der Waals surface area contributed by atoms with Gasteiger partial charge in [-0.05, 0) is 43.2 Å². The normalized spacial score (nSPS) is 14.8. The molecule has 4 rings (SSSR count). The van der Waals surface area contributed by atoms with Crippen LogP contribution in [0.2, 0.25) is 0 Å². The fourth-order valence-electron chi connectivity index (χ4n) is 3.11. The quantitative estimate of drug-likeness (QED) is 0.770. The summed E-state index contributed by atoms with van der Waals surface area (Å²) in [5.74, 6) is 0. The van der Waals surface area contributed by atoms with E-state index in [1.54, 1.807) is 13.8 Å². The number of dihydropyridines is 1. The summed E-state index contributed by atoms with van der Waals surface area (Å²) < 4.78 is 2.10. The van der Waals surface area contributed by atoms with Gasteiger partial charge in [0.05, 0.1) is 17.5 Å². The number of benzene rings is 1. The van der Waals surface area contributed by atoms with E-state index in [-0.39, 0.29) is 0 Å². The maximum Gasteiger partial charge on any atom is 0.137 e. The van der Waals surface area contributed by atoms with Gasteiger partial charge in [-0.1, -0.05) is 36.4 Å². The van der Waals surface area contributed by atoms with Crippen molar-refractivity contribution >= 4 is 11.2 Å². The third-order valence-electron chi connectivity index (χ3n) is 4.49. The van der Waals surface area contributed by atoms with Crippen molar-refractivity contribution in [3.8, 4) is 11.3 Å². The summed E-state index contributed by atoms with van der Waals surface area (Å²) in [4.78, 5) is 4.57. The third kappa shape index (κ3) is 2.96. The minimum Gasteiger partial charge on any atom is -0.384 e. The van der Waals surface area contributed by atoms with Gasteiger partial charge in [0, 0.05) is 24.0 Å². The lowest BCUT2D eigenvalue weighted by Gasteiger charge is -2.26. The Balaban J connectivity index is 1.74. The van der Waals surface area contributed by atoms with Crippen LogP contribution in [-0.4, -0.2) is 26.6 Å². The predicted octanol–water partition coefficient (Wildman–Crippen LogP) is 3.64. The molecule has 0 amide bonds.